The first-order valence-electron chi connectivity index (χ1n) is 8.72. The molecule has 2 rings (SSSR count). The number of nitrogens with zero attached hydrogens (tertiary/aromatic N) is 1. The highest BCUT2D eigenvalue weighted by molar-refractivity contribution is 4.96. The van der Waals surface area contributed by atoms with Gasteiger partial charge in [-0.05, 0) is 64.5 Å². The standard InChI is InChI=1S/C18H34N2/c1-5-16-6-7-18(15(16)4)19-17-9-12-20(13-10-17)11-8-14(2)3/h8,15-19H,5-7,9-13H2,1-4H3. The number of hydrogen-bond donors (Lipinski definition) is 1. The van der Waals surface area contributed by atoms with Gasteiger partial charge >= 0.3 is 0 Å². The molecule has 1 N–H and O–H groups in total. The molecule has 1 saturated heterocycles. The Balaban J connectivity index is 1.71. The minimum Gasteiger partial charge on any atom is -0.311 e. The van der Waals surface area contributed by atoms with Crippen LogP contribution in [0, 0.1) is 11.8 Å². The van der Waals surface area contributed by atoms with Crippen LogP contribution in [0.2, 0.25) is 0 Å². The first kappa shape index (κ1) is 16.0. The van der Waals surface area contributed by atoms with Crippen LogP contribution in [0.25, 0.3) is 0 Å². The summed E-state index contributed by atoms with van der Waals surface area (Å²) in [6, 6.07) is 1.55. The van der Waals surface area contributed by atoms with Gasteiger partial charge in [-0.15, -0.1) is 0 Å². The highest BCUT2D eigenvalue weighted by Gasteiger charge is 2.33. The Morgan fingerprint density at radius 3 is 2.40 bits per heavy atom. The summed E-state index contributed by atoms with van der Waals surface area (Å²) < 4.78 is 0. The average Bonchev–Trinajstić information content (AvgIpc) is 2.79. The molecule has 20 heavy (non-hydrogen) atoms. The van der Waals surface area contributed by atoms with E-state index in [1.54, 1.807) is 0 Å². The Kier molecular flexibility index (Phi) is 6.10. The minimum atomic E-state index is 0.765. The van der Waals surface area contributed by atoms with E-state index in [0.29, 0.717) is 0 Å². The zero-order valence-electron chi connectivity index (χ0n) is 14.0. The molecule has 2 nitrogen and oxygen atoms in total. The molecule has 0 aromatic carbocycles. The molecule has 0 bridgehead atoms. The fourth-order valence-electron chi connectivity index (χ4n) is 3.96. The predicted octanol–water partition coefficient (Wildman–Crippen LogP) is 3.83. The van der Waals surface area contributed by atoms with Crippen molar-refractivity contribution in [3.05, 3.63) is 11.6 Å². The van der Waals surface area contributed by atoms with E-state index in [1.165, 1.54) is 50.8 Å². The van der Waals surface area contributed by atoms with E-state index in [0.717, 1.165) is 30.5 Å². The van der Waals surface area contributed by atoms with E-state index in [1.807, 2.05) is 0 Å². The zero-order chi connectivity index (χ0) is 14.5. The number of likely N-dealkylation sites (tertiary alicyclic amines) is 1. The number of nitrogens with one attached hydrogen (secondary N) is 1. The van der Waals surface area contributed by atoms with Crippen LogP contribution in [0.3, 0.4) is 0 Å². The van der Waals surface area contributed by atoms with Crippen molar-refractivity contribution in [1.82, 2.24) is 10.2 Å². The van der Waals surface area contributed by atoms with Crippen molar-refractivity contribution < 1.29 is 0 Å². The van der Waals surface area contributed by atoms with Gasteiger partial charge in [0.05, 0.1) is 0 Å². The lowest BCUT2D eigenvalue weighted by Crippen LogP contribution is -2.47. The highest BCUT2D eigenvalue weighted by Crippen LogP contribution is 2.34. The van der Waals surface area contributed by atoms with Crippen LogP contribution in [-0.2, 0) is 0 Å². The molecular weight excluding hydrogens is 244 g/mol. The molecule has 0 aromatic heterocycles. The van der Waals surface area contributed by atoms with Crippen molar-refractivity contribution in [2.24, 2.45) is 11.8 Å². The van der Waals surface area contributed by atoms with Crippen LogP contribution in [0.4, 0.5) is 0 Å². The number of hydrogen-bond acceptors (Lipinski definition) is 2. The fraction of sp³-hybridized carbons (Fsp3) is 0.889. The summed E-state index contributed by atoms with van der Waals surface area (Å²) in [4.78, 5) is 2.60. The predicted molar refractivity (Wildman–Crippen MR) is 88.0 cm³/mol. The van der Waals surface area contributed by atoms with Crippen LogP contribution < -0.4 is 5.32 Å². The van der Waals surface area contributed by atoms with Gasteiger partial charge in [0.1, 0.15) is 0 Å². The summed E-state index contributed by atoms with van der Waals surface area (Å²) in [5, 5.41) is 3.98. The normalized spacial score (nSPS) is 32.5. The summed E-state index contributed by atoms with van der Waals surface area (Å²) in [6.45, 7) is 12.9. The average molecular weight is 278 g/mol. The Morgan fingerprint density at radius 1 is 1.15 bits per heavy atom. The van der Waals surface area contributed by atoms with Crippen LogP contribution in [0.5, 0.6) is 0 Å². The highest BCUT2D eigenvalue weighted by atomic mass is 15.1. The van der Waals surface area contributed by atoms with E-state index in [9.17, 15) is 0 Å². The second-order valence-electron chi connectivity index (χ2n) is 7.23. The zero-order valence-corrected chi connectivity index (χ0v) is 14.0. The molecule has 3 unspecified atom stereocenters. The molecule has 0 spiro atoms. The van der Waals surface area contributed by atoms with E-state index in [-0.39, 0.29) is 0 Å². The quantitative estimate of drug-likeness (QED) is 0.769. The lowest BCUT2D eigenvalue weighted by Gasteiger charge is -2.34. The molecule has 1 aliphatic heterocycles. The third-order valence-electron chi connectivity index (χ3n) is 5.55. The maximum atomic E-state index is 3.98. The lowest BCUT2D eigenvalue weighted by atomic mass is 9.92. The van der Waals surface area contributed by atoms with Crippen molar-refractivity contribution >= 4 is 0 Å². The van der Waals surface area contributed by atoms with Gasteiger partial charge in [0.25, 0.3) is 0 Å². The molecule has 0 amide bonds. The Hall–Kier alpha value is -0.340. The molecule has 1 aliphatic carbocycles. The van der Waals surface area contributed by atoms with Gasteiger partial charge in [-0.2, -0.15) is 0 Å². The first-order chi connectivity index (χ1) is 9.60. The van der Waals surface area contributed by atoms with Crippen molar-refractivity contribution in [3.8, 4) is 0 Å². The monoisotopic (exact) mass is 278 g/mol. The number of piperidine rings is 1. The van der Waals surface area contributed by atoms with Crippen LogP contribution >= 0.6 is 0 Å². The third kappa shape index (κ3) is 4.33. The third-order valence-corrected chi connectivity index (χ3v) is 5.55. The molecule has 1 heterocycles. The van der Waals surface area contributed by atoms with Crippen molar-refractivity contribution in [1.29, 1.82) is 0 Å². The molecule has 3 atom stereocenters. The van der Waals surface area contributed by atoms with Gasteiger partial charge in [0.2, 0.25) is 0 Å². The molecule has 116 valence electrons. The van der Waals surface area contributed by atoms with E-state index in [2.05, 4.69) is 44.0 Å². The van der Waals surface area contributed by atoms with Gasteiger partial charge in [-0.1, -0.05) is 31.9 Å². The van der Waals surface area contributed by atoms with Crippen molar-refractivity contribution in [3.63, 3.8) is 0 Å². The SMILES string of the molecule is CCC1CCC(NC2CCN(CC=C(C)C)CC2)C1C. The summed E-state index contributed by atoms with van der Waals surface area (Å²) in [7, 11) is 0. The van der Waals surface area contributed by atoms with E-state index < -0.39 is 0 Å². The summed E-state index contributed by atoms with van der Waals surface area (Å²) >= 11 is 0. The van der Waals surface area contributed by atoms with Gasteiger partial charge in [-0.25, -0.2) is 0 Å². The van der Waals surface area contributed by atoms with Gasteiger partial charge in [0.15, 0.2) is 0 Å². The van der Waals surface area contributed by atoms with E-state index in [4.69, 9.17) is 0 Å². The minimum absolute atomic E-state index is 0.765. The molecule has 2 fully saturated rings. The lowest BCUT2D eigenvalue weighted by molar-refractivity contribution is 0.197. The second kappa shape index (κ2) is 7.61. The Labute approximate surface area is 126 Å². The topological polar surface area (TPSA) is 15.3 Å². The molecule has 2 aliphatic rings. The smallest absolute Gasteiger partial charge is 0.0165 e. The molecule has 0 radical (unpaired) electrons. The summed E-state index contributed by atoms with van der Waals surface area (Å²) in [5.74, 6) is 1.84. The summed E-state index contributed by atoms with van der Waals surface area (Å²) in [5.41, 5.74) is 1.44. The van der Waals surface area contributed by atoms with Gasteiger partial charge < -0.3 is 5.32 Å². The maximum Gasteiger partial charge on any atom is 0.0165 e. The van der Waals surface area contributed by atoms with Crippen LogP contribution in [0.15, 0.2) is 11.6 Å². The molecule has 1 saturated carbocycles. The Bertz CT molecular complexity index is 311. The van der Waals surface area contributed by atoms with Crippen LogP contribution in [0.1, 0.15) is 59.8 Å². The van der Waals surface area contributed by atoms with Gasteiger partial charge in [-0.3, -0.25) is 4.90 Å². The van der Waals surface area contributed by atoms with Crippen molar-refractivity contribution in [2.75, 3.05) is 19.6 Å². The van der Waals surface area contributed by atoms with Crippen molar-refractivity contribution in [2.45, 2.75) is 71.9 Å². The summed E-state index contributed by atoms with van der Waals surface area (Å²) in [6.07, 6.45) is 9.22. The molecule has 2 heteroatoms. The van der Waals surface area contributed by atoms with E-state index >= 15 is 0 Å². The van der Waals surface area contributed by atoms with Crippen LogP contribution in [-0.4, -0.2) is 36.6 Å². The first-order valence-corrected chi connectivity index (χ1v) is 8.72. The maximum absolute atomic E-state index is 3.98. The Morgan fingerprint density at radius 2 is 1.85 bits per heavy atom. The largest absolute Gasteiger partial charge is 0.311 e. The number of allylic oxidation sites excluding steroid dienone is 1. The molecular formula is C18H34N2. The van der Waals surface area contributed by atoms with Gasteiger partial charge in [0, 0.05) is 18.6 Å². The number of rotatable bonds is 5. The second-order valence-corrected chi connectivity index (χ2v) is 7.23. The fourth-order valence-corrected chi connectivity index (χ4v) is 3.96. The molecule has 0 aromatic rings.